The highest BCUT2D eigenvalue weighted by atomic mass is 19.2. The van der Waals surface area contributed by atoms with E-state index in [0.717, 1.165) is 25.1 Å². The lowest BCUT2D eigenvalue weighted by Gasteiger charge is -2.25. The van der Waals surface area contributed by atoms with Crippen LogP contribution >= 0.6 is 0 Å². The fourth-order valence-electron chi connectivity index (χ4n) is 2.39. The SMILES string of the molecule is CCN1CC[C@H](N)[C@@H]1c1ccc(F)c(F)c1. The van der Waals surface area contributed by atoms with Crippen LogP contribution in [-0.2, 0) is 0 Å². The van der Waals surface area contributed by atoms with E-state index in [9.17, 15) is 8.78 Å². The van der Waals surface area contributed by atoms with Gasteiger partial charge in [0.25, 0.3) is 0 Å². The molecule has 0 amide bonds. The molecule has 2 nitrogen and oxygen atoms in total. The van der Waals surface area contributed by atoms with Crippen molar-refractivity contribution in [3.63, 3.8) is 0 Å². The second-order valence-corrected chi connectivity index (χ2v) is 4.20. The molecule has 1 fully saturated rings. The second kappa shape index (κ2) is 4.47. The summed E-state index contributed by atoms with van der Waals surface area (Å²) in [5, 5.41) is 0. The van der Waals surface area contributed by atoms with Crippen molar-refractivity contribution in [1.82, 2.24) is 4.90 Å². The molecule has 2 rings (SSSR count). The highest BCUT2D eigenvalue weighted by Crippen LogP contribution is 2.31. The van der Waals surface area contributed by atoms with Gasteiger partial charge in [-0.3, -0.25) is 4.90 Å². The number of halogens is 2. The average Bonchev–Trinajstić information content (AvgIpc) is 2.64. The minimum atomic E-state index is -0.807. The molecule has 1 aromatic rings. The lowest BCUT2D eigenvalue weighted by molar-refractivity contribution is 0.260. The highest BCUT2D eigenvalue weighted by molar-refractivity contribution is 5.24. The van der Waals surface area contributed by atoms with Gasteiger partial charge < -0.3 is 5.73 Å². The molecule has 1 saturated heterocycles. The summed E-state index contributed by atoms with van der Waals surface area (Å²) in [5.74, 6) is -1.61. The van der Waals surface area contributed by atoms with Gasteiger partial charge in [-0.1, -0.05) is 13.0 Å². The molecular formula is C12H16F2N2. The molecule has 4 heteroatoms. The zero-order valence-corrected chi connectivity index (χ0v) is 9.29. The number of hydrogen-bond acceptors (Lipinski definition) is 2. The summed E-state index contributed by atoms with van der Waals surface area (Å²) in [4.78, 5) is 2.19. The predicted octanol–water partition coefficient (Wildman–Crippen LogP) is 2.06. The van der Waals surface area contributed by atoms with E-state index < -0.39 is 11.6 Å². The Morgan fingerprint density at radius 3 is 2.75 bits per heavy atom. The summed E-state index contributed by atoms with van der Waals surface area (Å²) >= 11 is 0. The Kier molecular flexibility index (Phi) is 3.21. The van der Waals surface area contributed by atoms with Crippen LogP contribution in [0.15, 0.2) is 18.2 Å². The van der Waals surface area contributed by atoms with Crippen molar-refractivity contribution in [2.75, 3.05) is 13.1 Å². The summed E-state index contributed by atoms with van der Waals surface area (Å²) in [6.07, 6.45) is 0.900. The van der Waals surface area contributed by atoms with Crippen molar-refractivity contribution < 1.29 is 8.78 Å². The Morgan fingerprint density at radius 2 is 2.12 bits per heavy atom. The Bertz CT molecular complexity index is 381. The van der Waals surface area contributed by atoms with Gasteiger partial charge >= 0.3 is 0 Å². The standard InChI is InChI=1S/C12H16F2N2/c1-2-16-6-5-11(15)12(16)8-3-4-9(13)10(14)7-8/h3-4,7,11-12H,2,5-6,15H2,1H3/t11-,12-/m0/s1. The Labute approximate surface area is 94.0 Å². The van der Waals surface area contributed by atoms with E-state index in [2.05, 4.69) is 4.90 Å². The molecule has 0 aliphatic carbocycles. The van der Waals surface area contributed by atoms with Crippen LogP contribution in [0.25, 0.3) is 0 Å². The van der Waals surface area contributed by atoms with Gasteiger partial charge in [-0.15, -0.1) is 0 Å². The van der Waals surface area contributed by atoms with Gasteiger partial charge in [-0.05, 0) is 30.7 Å². The normalized spacial score (nSPS) is 26.2. The number of likely N-dealkylation sites (N-methyl/N-ethyl adjacent to an activating group) is 1. The third-order valence-electron chi connectivity index (χ3n) is 3.24. The topological polar surface area (TPSA) is 29.3 Å². The van der Waals surface area contributed by atoms with Gasteiger partial charge in [-0.25, -0.2) is 8.78 Å². The molecule has 1 aliphatic heterocycles. The fraction of sp³-hybridized carbons (Fsp3) is 0.500. The average molecular weight is 226 g/mol. The van der Waals surface area contributed by atoms with Crippen molar-refractivity contribution in [1.29, 1.82) is 0 Å². The smallest absolute Gasteiger partial charge is 0.159 e. The summed E-state index contributed by atoms with van der Waals surface area (Å²) in [7, 11) is 0. The highest BCUT2D eigenvalue weighted by Gasteiger charge is 2.32. The summed E-state index contributed by atoms with van der Waals surface area (Å²) in [6, 6.07) is 4.07. The van der Waals surface area contributed by atoms with E-state index in [1.165, 1.54) is 12.1 Å². The van der Waals surface area contributed by atoms with Gasteiger partial charge in [-0.2, -0.15) is 0 Å². The van der Waals surface area contributed by atoms with Crippen LogP contribution in [0.3, 0.4) is 0 Å². The predicted molar refractivity (Wildman–Crippen MR) is 58.9 cm³/mol. The molecule has 88 valence electrons. The molecule has 16 heavy (non-hydrogen) atoms. The van der Waals surface area contributed by atoms with Crippen LogP contribution in [0.2, 0.25) is 0 Å². The molecule has 2 N–H and O–H groups in total. The Balaban J connectivity index is 2.31. The summed E-state index contributed by atoms with van der Waals surface area (Å²) < 4.78 is 26.0. The Morgan fingerprint density at radius 1 is 1.38 bits per heavy atom. The molecule has 0 aromatic heterocycles. The third-order valence-corrected chi connectivity index (χ3v) is 3.24. The van der Waals surface area contributed by atoms with E-state index in [1.807, 2.05) is 6.92 Å². The molecule has 1 aromatic carbocycles. The van der Waals surface area contributed by atoms with Gasteiger partial charge in [0.1, 0.15) is 0 Å². The van der Waals surface area contributed by atoms with E-state index in [-0.39, 0.29) is 12.1 Å². The first-order valence-electron chi connectivity index (χ1n) is 5.58. The van der Waals surface area contributed by atoms with Crippen LogP contribution in [0.1, 0.15) is 24.9 Å². The molecular weight excluding hydrogens is 210 g/mol. The molecule has 0 spiro atoms. The van der Waals surface area contributed by atoms with Gasteiger partial charge in [0.05, 0.1) is 6.04 Å². The number of likely N-dealkylation sites (tertiary alicyclic amines) is 1. The third kappa shape index (κ3) is 1.95. The Hall–Kier alpha value is -1.00. The lowest BCUT2D eigenvalue weighted by atomic mass is 10.0. The van der Waals surface area contributed by atoms with Crippen molar-refractivity contribution >= 4 is 0 Å². The van der Waals surface area contributed by atoms with Crippen LogP contribution in [0.5, 0.6) is 0 Å². The minimum absolute atomic E-state index is 0.00445. The summed E-state index contributed by atoms with van der Waals surface area (Å²) in [5.41, 5.74) is 6.78. The minimum Gasteiger partial charge on any atom is -0.326 e. The monoisotopic (exact) mass is 226 g/mol. The van der Waals surface area contributed by atoms with E-state index in [4.69, 9.17) is 5.73 Å². The zero-order chi connectivity index (χ0) is 11.7. The van der Waals surface area contributed by atoms with Crippen LogP contribution in [0.4, 0.5) is 8.78 Å². The second-order valence-electron chi connectivity index (χ2n) is 4.20. The zero-order valence-electron chi connectivity index (χ0n) is 9.29. The first kappa shape index (κ1) is 11.5. The summed E-state index contributed by atoms with van der Waals surface area (Å²) in [6.45, 7) is 3.84. The largest absolute Gasteiger partial charge is 0.326 e. The molecule has 1 aliphatic rings. The van der Waals surface area contributed by atoms with Crippen molar-refractivity contribution in [3.8, 4) is 0 Å². The number of nitrogens with zero attached hydrogens (tertiary/aromatic N) is 1. The van der Waals surface area contributed by atoms with E-state index in [0.29, 0.717) is 0 Å². The van der Waals surface area contributed by atoms with Crippen LogP contribution in [0, 0.1) is 11.6 Å². The molecule has 0 saturated carbocycles. The number of hydrogen-bond donors (Lipinski definition) is 1. The molecule has 0 bridgehead atoms. The quantitative estimate of drug-likeness (QED) is 0.836. The number of rotatable bonds is 2. The van der Waals surface area contributed by atoms with Gasteiger partial charge in [0.2, 0.25) is 0 Å². The first-order chi connectivity index (χ1) is 7.63. The van der Waals surface area contributed by atoms with Crippen molar-refractivity contribution in [3.05, 3.63) is 35.4 Å². The molecule has 0 unspecified atom stereocenters. The molecule has 1 heterocycles. The first-order valence-corrected chi connectivity index (χ1v) is 5.58. The fourth-order valence-corrected chi connectivity index (χ4v) is 2.39. The molecule has 2 atom stereocenters. The van der Waals surface area contributed by atoms with E-state index >= 15 is 0 Å². The maximum atomic E-state index is 13.2. The molecule has 0 radical (unpaired) electrons. The van der Waals surface area contributed by atoms with Crippen LogP contribution in [-0.4, -0.2) is 24.0 Å². The van der Waals surface area contributed by atoms with Crippen LogP contribution < -0.4 is 5.73 Å². The number of nitrogens with two attached hydrogens (primary N) is 1. The van der Waals surface area contributed by atoms with Gasteiger partial charge in [0.15, 0.2) is 11.6 Å². The van der Waals surface area contributed by atoms with E-state index in [1.54, 1.807) is 6.07 Å². The number of benzene rings is 1. The maximum Gasteiger partial charge on any atom is 0.159 e. The van der Waals surface area contributed by atoms with Gasteiger partial charge in [0, 0.05) is 12.6 Å². The maximum absolute atomic E-state index is 13.2. The lowest BCUT2D eigenvalue weighted by Crippen LogP contribution is -2.31. The van der Waals surface area contributed by atoms with Crippen molar-refractivity contribution in [2.45, 2.75) is 25.4 Å². The van der Waals surface area contributed by atoms with Crippen molar-refractivity contribution in [2.24, 2.45) is 5.73 Å².